The number of benzene rings is 1. The van der Waals surface area contributed by atoms with E-state index in [1.165, 1.54) is 0 Å². The number of nitrogens with one attached hydrogen (secondary N) is 1. The number of carboxylic acid groups (broad SMARTS) is 1. The fraction of sp³-hybridized carbons (Fsp3) is 0.591. The molecule has 0 unspecified atom stereocenters. The van der Waals surface area contributed by atoms with Crippen LogP contribution in [-0.2, 0) is 19.1 Å². The summed E-state index contributed by atoms with van der Waals surface area (Å²) in [6, 6.07) is 4.85. The van der Waals surface area contributed by atoms with Gasteiger partial charge in [-0.05, 0) is 43.9 Å². The molecule has 31 heavy (non-hydrogen) atoms. The van der Waals surface area contributed by atoms with Crippen LogP contribution in [0, 0.1) is 5.92 Å². The van der Waals surface area contributed by atoms with Crippen LogP contribution in [0.5, 0.6) is 5.75 Å². The summed E-state index contributed by atoms with van der Waals surface area (Å²) in [4.78, 5) is 38.4. The first-order valence-electron chi connectivity index (χ1n) is 10.7. The van der Waals surface area contributed by atoms with Gasteiger partial charge in [0.25, 0.3) is 5.91 Å². The van der Waals surface area contributed by atoms with E-state index in [0.29, 0.717) is 55.9 Å². The number of fused-ring (bicyclic) bond motifs is 2. The third-order valence-electron chi connectivity index (χ3n) is 6.27. The second-order valence-electron chi connectivity index (χ2n) is 8.35. The highest BCUT2D eigenvalue weighted by atomic mass is 16.5. The second kappa shape index (κ2) is 9.23. The molecule has 0 saturated carbocycles. The Hall–Kier alpha value is -2.65. The molecule has 3 aliphatic heterocycles. The number of hydrogen-bond acceptors (Lipinski definition) is 6. The van der Waals surface area contributed by atoms with Crippen LogP contribution in [0.25, 0.3) is 0 Å². The molecule has 0 bridgehead atoms. The van der Waals surface area contributed by atoms with Crippen molar-refractivity contribution in [1.82, 2.24) is 4.90 Å². The lowest BCUT2D eigenvalue weighted by Crippen LogP contribution is -2.53. The van der Waals surface area contributed by atoms with E-state index in [4.69, 9.17) is 19.3 Å². The summed E-state index contributed by atoms with van der Waals surface area (Å²) in [5, 5.41) is 12.0. The summed E-state index contributed by atoms with van der Waals surface area (Å²) in [6.07, 6.45) is 1.75. The highest BCUT2D eigenvalue weighted by molar-refractivity contribution is 6.00. The van der Waals surface area contributed by atoms with Gasteiger partial charge in [0.05, 0.1) is 24.1 Å². The number of carbonyl (C=O) groups is 3. The molecule has 168 valence electrons. The Morgan fingerprint density at radius 3 is 2.71 bits per heavy atom. The number of rotatable bonds is 4. The molecule has 3 atom stereocenters. The predicted octanol–water partition coefficient (Wildman–Crippen LogP) is 1.91. The molecule has 3 heterocycles. The van der Waals surface area contributed by atoms with Crippen molar-refractivity contribution in [2.45, 2.75) is 50.4 Å². The van der Waals surface area contributed by atoms with Gasteiger partial charge in [-0.15, -0.1) is 0 Å². The van der Waals surface area contributed by atoms with Crippen LogP contribution < -0.4 is 10.1 Å². The normalized spacial score (nSPS) is 26.7. The third-order valence-corrected chi connectivity index (χ3v) is 6.27. The first-order valence-corrected chi connectivity index (χ1v) is 10.7. The van der Waals surface area contributed by atoms with Gasteiger partial charge >= 0.3 is 5.97 Å². The Bertz CT molecular complexity index is 852. The van der Waals surface area contributed by atoms with E-state index in [-0.39, 0.29) is 42.9 Å². The Labute approximate surface area is 180 Å². The Morgan fingerprint density at radius 1 is 1.19 bits per heavy atom. The lowest BCUT2D eigenvalue weighted by Gasteiger charge is -2.42. The molecule has 2 amide bonds. The maximum atomic E-state index is 13.2. The molecule has 4 rings (SSSR count). The standard InChI is InChI=1S/C22H28N2O7/c1-24-17-4-3-15(11-20(25)26)31-19(17)12-30-18-5-2-14(10-16(18)22(24)28)23-21(27)13-6-8-29-9-7-13/h2,5,10,13,15,17,19H,3-4,6-9,11-12H2,1H3,(H,23,27)(H,25,26)/t15-,17+,19-/m0/s1. The summed E-state index contributed by atoms with van der Waals surface area (Å²) < 4.78 is 17.2. The summed E-state index contributed by atoms with van der Waals surface area (Å²) in [6.45, 7) is 1.38. The minimum atomic E-state index is -0.902. The molecule has 2 fully saturated rings. The molecule has 0 aliphatic carbocycles. The van der Waals surface area contributed by atoms with Gasteiger partial charge in [-0.3, -0.25) is 14.4 Å². The summed E-state index contributed by atoms with van der Waals surface area (Å²) >= 11 is 0. The van der Waals surface area contributed by atoms with E-state index >= 15 is 0 Å². The predicted molar refractivity (Wildman–Crippen MR) is 110 cm³/mol. The molecule has 9 heteroatoms. The first kappa shape index (κ1) is 21.6. The van der Waals surface area contributed by atoms with Crippen LogP contribution in [-0.4, -0.2) is 72.9 Å². The summed E-state index contributed by atoms with van der Waals surface area (Å²) in [7, 11) is 1.73. The van der Waals surface area contributed by atoms with Crippen molar-refractivity contribution in [1.29, 1.82) is 0 Å². The molecule has 9 nitrogen and oxygen atoms in total. The summed E-state index contributed by atoms with van der Waals surface area (Å²) in [5.41, 5.74) is 0.942. The fourth-order valence-electron chi connectivity index (χ4n) is 4.50. The molecule has 1 aromatic rings. The minimum absolute atomic E-state index is 0.0619. The zero-order valence-corrected chi connectivity index (χ0v) is 17.5. The highest BCUT2D eigenvalue weighted by Gasteiger charge is 2.39. The van der Waals surface area contributed by atoms with E-state index in [0.717, 1.165) is 0 Å². The van der Waals surface area contributed by atoms with Gasteiger partial charge in [0.2, 0.25) is 5.91 Å². The average molecular weight is 432 g/mol. The zero-order chi connectivity index (χ0) is 22.0. The number of carboxylic acids is 1. The molecular formula is C22H28N2O7. The van der Waals surface area contributed by atoms with Crippen molar-refractivity contribution in [2.75, 3.05) is 32.2 Å². The zero-order valence-electron chi connectivity index (χ0n) is 17.5. The lowest BCUT2D eigenvalue weighted by molar-refractivity contribution is -0.148. The number of ether oxygens (including phenoxy) is 3. The smallest absolute Gasteiger partial charge is 0.305 e. The van der Waals surface area contributed by atoms with Crippen LogP contribution in [0.1, 0.15) is 42.5 Å². The first-order chi connectivity index (χ1) is 14.9. The number of likely N-dealkylation sites (N-methyl/N-ethyl adjacent to an activating group) is 1. The number of nitrogens with zero attached hydrogens (tertiary/aromatic N) is 1. The maximum absolute atomic E-state index is 13.2. The number of hydrogen-bond donors (Lipinski definition) is 2. The highest BCUT2D eigenvalue weighted by Crippen LogP contribution is 2.32. The quantitative estimate of drug-likeness (QED) is 0.747. The second-order valence-corrected chi connectivity index (χ2v) is 8.35. The van der Waals surface area contributed by atoms with E-state index < -0.39 is 12.1 Å². The minimum Gasteiger partial charge on any atom is -0.490 e. The van der Waals surface area contributed by atoms with Gasteiger partial charge in [0, 0.05) is 31.9 Å². The maximum Gasteiger partial charge on any atom is 0.305 e. The van der Waals surface area contributed by atoms with E-state index in [2.05, 4.69) is 5.32 Å². The van der Waals surface area contributed by atoms with Gasteiger partial charge < -0.3 is 29.5 Å². The third kappa shape index (κ3) is 4.83. The van der Waals surface area contributed by atoms with E-state index in [1.54, 1.807) is 30.1 Å². The van der Waals surface area contributed by atoms with Crippen molar-refractivity contribution < 1.29 is 33.7 Å². The van der Waals surface area contributed by atoms with Gasteiger partial charge in [-0.2, -0.15) is 0 Å². The van der Waals surface area contributed by atoms with Crippen LogP contribution in [0.3, 0.4) is 0 Å². The van der Waals surface area contributed by atoms with Crippen LogP contribution in [0.15, 0.2) is 18.2 Å². The molecule has 0 aromatic heterocycles. The lowest BCUT2D eigenvalue weighted by atomic mass is 9.94. The van der Waals surface area contributed by atoms with Gasteiger partial charge in [0.15, 0.2) is 0 Å². The van der Waals surface area contributed by atoms with Crippen molar-refractivity contribution in [3.05, 3.63) is 23.8 Å². The average Bonchev–Trinajstić information content (AvgIpc) is 2.77. The molecule has 1 aromatic carbocycles. The Morgan fingerprint density at radius 2 is 1.97 bits per heavy atom. The topological polar surface area (TPSA) is 114 Å². The van der Waals surface area contributed by atoms with Crippen LogP contribution in [0.2, 0.25) is 0 Å². The fourth-order valence-corrected chi connectivity index (χ4v) is 4.50. The van der Waals surface area contributed by atoms with Gasteiger partial charge in [0.1, 0.15) is 18.5 Å². The largest absolute Gasteiger partial charge is 0.490 e. The van der Waals surface area contributed by atoms with Crippen molar-refractivity contribution >= 4 is 23.5 Å². The Kier molecular flexibility index (Phi) is 6.43. The van der Waals surface area contributed by atoms with E-state index in [1.807, 2.05) is 0 Å². The molecular weight excluding hydrogens is 404 g/mol. The molecule has 2 saturated heterocycles. The SMILES string of the molecule is CN1C(=O)c2cc(NC(=O)C3CCOCC3)ccc2OC[C@@H]2O[C@H](CC(=O)O)CC[C@H]21. The van der Waals surface area contributed by atoms with Crippen molar-refractivity contribution in [3.63, 3.8) is 0 Å². The van der Waals surface area contributed by atoms with E-state index in [9.17, 15) is 14.4 Å². The number of amides is 2. The van der Waals surface area contributed by atoms with Gasteiger partial charge in [-0.25, -0.2) is 0 Å². The van der Waals surface area contributed by atoms with Crippen molar-refractivity contribution in [2.24, 2.45) is 5.92 Å². The molecule has 2 N–H and O–H groups in total. The number of carbonyl (C=O) groups excluding carboxylic acids is 2. The number of anilines is 1. The van der Waals surface area contributed by atoms with Crippen LogP contribution >= 0.6 is 0 Å². The van der Waals surface area contributed by atoms with Gasteiger partial charge in [-0.1, -0.05) is 0 Å². The number of aliphatic carboxylic acids is 1. The Balaban J connectivity index is 1.49. The molecule has 0 radical (unpaired) electrons. The monoisotopic (exact) mass is 432 g/mol. The summed E-state index contributed by atoms with van der Waals surface area (Å²) in [5.74, 6) is -0.860. The molecule has 0 spiro atoms. The molecule has 3 aliphatic rings. The van der Waals surface area contributed by atoms with Crippen LogP contribution in [0.4, 0.5) is 5.69 Å². The van der Waals surface area contributed by atoms with Crippen molar-refractivity contribution in [3.8, 4) is 5.75 Å².